The summed E-state index contributed by atoms with van der Waals surface area (Å²) in [6, 6.07) is 3.46. The average Bonchev–Trinajstić information content (AvgIpc) is 2.99. The molecule has 0 unspecified atom stereocenters. The van der Waals surface area contributed by atoms with E-state index in [1.165, 1.54) is 29.1 Å². The van der Waals surface area contributed by atoms with Crippen LogP contribution in [0.3, 0.4) is 0 Å². The smallest absolute Gasteiger partial charge is 0.261 e. The number of anilines is 1. The second-order valence-electron chi connectivity index (χ2n) is 5.31. The van der Waals surface area contributed by atoms with Crippen LogP contribution >= 0.6 is 0 Å². The molecule has 1 N–H and O–H groups in total. The number of benzene rings is 2. The van der Waals surface area contributed by atoms with Gasteiger partial charge in [0, 0.05) is 24.1 Å². The molecular formula is C17H10F5N3O. The molecule has 0 fully saturated rings. The maximum Gasteiger partial charge on any atom is 0.261 e. The number of rotatable bonds is 3. The van der Waals surface area contributed by atoms with Gasteiger partial charge in [-0.3, -0.25) is 4.79 Å². The fourth-order valence-corrected chi connectivity index (χ4v) is 2.38. The number of halogens is 5. The van der Waals surface area contributed by atoms with Crippen molar-refractivity contribution in [2.24, 2.45) is 0 Å². The van der Waals surface area contributed by atoms with E-state index in [1.54, 1.807) is 6.92 Å². The lowest BCUT2D eigenvalue weighted by Crippen LogP contribution is -2.18. The molecule has 0 bridgehead atoms. The monoisotopic (exact) mass is 367 g/mol. The lowest BCUT2D eigenvalue weighted by molar-refractivity contribution is 0.101. The van der Waals surface area contributed by atoms with Gasteiger partial charge in [0.15, 0.2) is 23.3 Å². The second-order valence-corrected chi connectivity index (χ2v) is 5.31. The van der Waals surface area contributed by atoms with E-state index >= 15 is 0 Å². The van der Waals surface area contributed by atoms with Crippen molar-refractivity contribution in [3.05, 3.63) is 77.1 Å². The maximum absolute atomic E-state index is 14.3. The Balaban J connectivity index is 1.92. The maximum atomic E-state index is 14.3. The molecule has 0 atom stereocenters. The van der Waals surface area contributed by atoms with Gasteiger partial charge in [-0.2, -0.15) is 0 Å². The summed E-state index contributed by atoms with van der Waals surface area (Å²) in [4.78, 5) is 15.9. The topological polar surface area (TPSA) is 46.9 Å². The summed E-state index contributed by atoms with van der Waals surface area (Å²) >= 11 is 0. The zero-order chi connectivity index (χ0) is 19.0. The van der Waals surface area contributed by atoms with Crippen LogP contribution in [0, 0.1) is 36.0 Å². The van der Waals surface area contributed by atoms with Gasteiger partial charge >= 0.3 is 0 Å². The van der Waals surface area contributed by atoms with Gasteiger partial charge in [0.25, 0.3) is 5.91 Å². The highest BCUT2D eigenvalue weighted by atomic mass is 19.2. The van der Waals surface area contributed by atoms with Crippen LogP contribution in [0.2, 0.25) is 0 Å². The van der Waals surface area contributed by atoms with Gasteiger partial charge in [-0.25, -0.2) is 26.9 Å². The van der Waals surface area contributed by atoms with Crippen LogP contribution in [0.5, 0.6) is 0 Å². The first-order valence-corrected chi connectivity index (χ1v) is 7.23. The van der Waals surface area contributed by atoms with Crippen molar-refractivity contribution in [1.29, 1.82) is 0 Å². The normalized spacial score (nSPS) is 10.8. The molecule has 1 aromatic heterocycles. The molecule has 2 aromatic carbocycles. The molecule has 0 saturated carbocycles. The predicted octanol–water partition coefficient (Wildman–Crippen LogP) is 4.13. The van der Waals surface area contributed by atoms with Crippen molar-refractivity contribution in [2.75, 3.05) is 5.32 Å². The minimum absolute atomic E-state index is 0.0106. The summed E-state index contributed by atoms with van der Waals surface area (Å²) in [7, 11) is 0. The summed E-state index contributed by atoms with van der Waals surface area (Å²) in [5.41, 5.74) is -1.46. The summed E-state index contributed by atoms with van der Waals surface area (Å²) in [6.07, 6.45) is 2.99. The third kappa shape index (κ3) is 3.03. The van der Waals surface area contributed by atoms with E-state index in [-0.39, 0.29) is 17.4 Å². The lowest BCUT2D eigenvalue weighted by atomic mass is 10.1. The van der Waals surface area contributed by atoms with Gasteiger partial charge in [0.05, 0.1) is 5.69 Å². The van der Waals surface area contributed by atoms with Crippen molar-refractivity contribution in [3.8, 4) is 5.69 Å². The Bertz CT molecular complexity index is 990. The Hall–Kier alpha value is -3.23. The Kier molecular flexibility index (Phi) is 4.45. The first kappa shape index (κ1) is 17.6. The molecule has 9 heteroatoms. The van der Waals surface area contributed by atoms with Crippen molar-refractivity contribution >= 4 is 11.6 Å². The first-order valence-electron chi connectivity index (χ1n) is 7.23. The van der Waals surface area contributed by atoms with Crippen LogP contribution < -0.4 is 5.32 Å². The Labute approximate surface area is 143 Å². The van der Waals surface area contributed by atoms with E-state index in [2.05, 4.69) is 4.98 Å². The fourth-order valence-electron chi connectivity index (χ4n) is 2.38. The standard InChI is InChI=1S/C17H10F5N3O/c1-8-23-4-5-25(8)13-3-2-9(6-10(13)18)24-17(26)14-15(21)11(19)7-12(20)16(14)22/h2-7H,1H3,(H,24,26). The average molecular weight is 367 g/mol. The number of nitrogens with one attached hydrogen (secondary N) is 1. The van der Waals surface area contributed by atoms with Gasteiger partial charge in [-0.1, -0.05) is 0 Å². The molecule has 134 valence electrons. The van der Waals surface area contributed by atoms with E-state index in [0.29, 0.717) is 5.82 Å². The van der Waals surface area contributed by atoms with E-state index in [0.717, 1.165) is 6.07 Å². The number of nitrogens with zero attached hydrogens (tertiary/aromatic N) is 2. The number of aromatic nitrogens is 2. The van der Waals surface area contributed by atoms with Gasteiger partial charge in [-0.15, -0.1) is 0 Å². The van der Waals surface area contributed by atoms with Crippen LogP contribution in [0.4, 0.5) is 27.6 Å². The number of imidazole rings is 1. The molecule has 0 saturated heterocycles. The number of carbonyl (C=O) groups is 1. The van der Waals surface area contributed by atoms with Crippen LogP contribution in [-0.2, 0) is 0 Å². The molecule has 4 nitrogen and oxygen atoms in total. The van der Waals surface area contributed by atoms with Gasteiger partial charge < -0.3 is 9.88 Å². The van der Waals surface area contributed by atoms with Crippen LogP contribution in [-0.4, -0.2) is 15.5 Å². The van der Waals surface area contributed by atoms with Crippen LogP contribution in [0.1, 0.15) is 16.2 Å². The SMILES string of the molecule is Cc1nccn1-c1ccc(NC(=O)c2c(F)c(F)cc(F)c2F)cc1F. The largest absolute Gasteiger partial charge is 0.322 e. The van der Waals surface area contributed by atoms with Gasteiger partial charge in [-0.05, 0) is 25.1 Å². The third-order valence-corrected chi connectivity index (χ3v) is 3.63. The quantitative estimate of drug-likeness (QED) is 0.559. The molecule has 0 aliphatic rings. The highest BCUT2D eigenvalue weighted by Gasteiger charge is 2.25. The third-order valence-electron chi connectivity index (χ3n) is 3.63. The van der Waals surface area contributed by atoms with E-state index < -0.39 is 40.6 Å². The molecule has 0 radical (unpaired) electrons. The van der Waals surface area contributed by atoms with E-state index in [1.807, 2.05) is 5.32 Å². The summed E-state index contributed by atoms with van der Waals surface area (Å²) in [5.74, 6) is -8.81. The number of hydrogen-bond donors (Lipinski definition) is 1. The summed E-state index contributed by atoms with van der Waals surface area (Å²) in [6.45, 7) is 1.65. The van der Waals surface area contributed by atoms with E-state index in [9.17, 15) is 26.7 Å². The Morgan fingerprint density at radius 1 is 1.00 bits per heavy atom. The summed E-state index contributed by atoms with van der Waals surface area (Å²) < 4.78 is 69.4. The van der Waals surface area contributed by atoms with Crippen molar-refractivity contribution < 1.29 is 26.7 Å². The molecule has 3 rings (SSSR count). The zero-order valence-corrected chi connectivity index (χ0v) is 13.2. The lowest BCUT2D eigenvalue weighted by Gasteiger charge is -2.11. The number of amides is 1. The second kappa shape index (κ2) is 6.58. The van der Waals surface area contributed by atoms with Crippen molar-refractivity contribution in [3.63, 3.8) is 0 Å². The highest BCUT2D eigenvalue weighted by Crippen LogP contribution is 2.23. The molecule has 1 heterocycles. The minimum atomic E-state index is -1.84. The fraction of sp³-hybridized carbons (Fsp3) is 0.0588. The number of aryl methyl sites for hydroxylation is 1. The molecular weight excluding hydrogens is 357 g/mol. The minimum Gasteiger partial charge on any atom is -0.322 e. The Morgan fingerprint density at radius 2 is 1.65 bits per heavy atom. The van der Waals surface area contributed by atoms with Gasteiger partial charge in [0.2, 0.25) is 0 Å². The molecule has 1 amide bonds. The first-order chi connectivity index (χ1) is 12.3. The number of carbonyl (C=O) groups excluding carboxylic acids is 1. The number of hydrogen-bond acceptors (Lipinski definition) is 2. The zero-order valence-electron chi connectivity index (χ0n) is 13.2. The van der Waals surface area contributed by atoms with Gasteiger partial charge in [0.1, 0.15) is 17.2 Å². The molecule has 0 aliphatic carbocycles. The van der Waals surface area contributed by atoms with Crippen LogP contribution in [0.25, 0.3) is 5.69 Å². The highest BCUT2D eigenvalue weighted by molar-refractivity contribution is 6.04. The molecule has 0 spiro atoms. The van der Waals surface area contributed by atoms with Crippen LogP contribution in [0.15, 0.2) is 36.7 Å². The van der Waals surface area contributed by atoms with E-state index in [4.69, 9.17) is 0 Å². The van der Waals surface area contributed by atoms with Crippen molar-refractivity contribution in [1.82, 2.24) is 9.55 Å². The van der Waals surface area contributed by atoms with Crippen molar-refractivity contribution in [2.45, 2.75) is 6.92 Å². The molecule has 3 aromatic rings. The molecule has 26 heavy (non-hydrogen) atoms. The predicted molar refractivity (Wildman–Crippen MR) is 82.5 cm³/mol. The summed E-state index contributed by atoms with van der Waals surface area (Å²) in [5, 5.41) is 2.01. The molecule has 0 aliphatic heterocycles. The Morgan fingerprint density at radius 3 is 2.19 bits per heavy atom.